The summed E-state index contributed by atoms with van der Waals surface area (Å²) in [6.45, 7) is 5.06. The molecule has 0 N–H and O–H groups in total. The van der Waals surface area contributed by atoms with Gasteiger partial charge in [0, 0.05) is 31.5 Å². The lowest BCUT2D eigenvalue weighted by atomic mass is 10.1. The lowest BCUT2D eigenvalue weighted by Crippen LogP contribution is -2.38. The van der Waals surface area contributed by atoms with Gasteiger partial charge in [-0.2, -0.15) is 0 Å². The van der Waals surface area contributed by atoms with Crippen molar-refractivity contribution in [2.24, 2.45) is 0 Å². The van der Waals surface area contributed by atoms with Crippen molar-refractivity contribution >= 4 is 11.7 Å². The van der Waals surface area contributed by atoms with Gasteiger partial charge in [0.25, 0.3) is 5.91 Å². The van der Waals surface area contributed by atoms with Crippen molar-refractivity contribution in [3.8, 4) is 5.75 Å². The molecule has 0 spiro atoms. The molecule has 19 heavy (non-hydrogen) atoms. The number of nitrogens with zero attached hydrogens (tertiary/aromatic N) is 1. The second-order valence-electron chi connectivity index (χ2n) is 4.06. The number of ketones is 1. The molecule has 0 aliphatic carbocycles. The van der Waals surface area contributed by atoms with Crippen molar-refractivity contribution < 1.29 is 14.3 Å². The molecule has 4 nitrogen and oxygen atoms in total. The molecule has 0 radical (unpaired) electrons. The smallest absolute Gasteiger partial charge is 0.253 e. The third-order valence-corrected chi connectivity index (χ3v) is 2.95. The summed E-state index contributed by atoms with van der Waals surface area (Å²) in [5, 5.41) is 0. The molecule has 0 unspecified atom stereocenters. The molecule has 1 heterocycles. The molecular formula is C15H21NO3. The lowest BCUT2D eigenvalue weighted by Gasteiger charge is -2.26. The Morgan fingerprint density at radius 2 is 1.63 bits per heavy atom. The summed E-state index contributed by atoms with van der Waals surface area (Å²) >= 11 is 0. The van der Waals surface area contributed by atoms with E-state index >= 15 is 0 Å². The van der Waals surface area contributed by atoms with Gasteiger partial charge in [-0.15, -0.1) is 0 Å². The van der Waals surface area contributed by atoms with Gasteiger partial charge < -0.3 is 9.64 Å². The minimum Gasteiger partial charge on any atom is -0.497 e. The number of likely N-dealkylation sites (tertiary alicyclic amines) is 1. The first-order chi connectivity index (χ1) is 9.20. The molecule has 104 valence electrons. The Bertz CT molecular complexity index is 416. The number of benzene rings is 1. The zero-order valence-corrected chi connectivity index (χ0v) is 11.8. The number of hydrogen-bond donors (Lipinski definition) is 0. The molecule has 1 aliphatic rings. The highest BCUT2D eigenvalue weighted by Gasteiger charge is 2.21. The molecule has 1 aliphatic heterocycles. The first-order valence-electron chi connectivity index (χ1n) is 6.66. The number of rotatable bonds is 2. The van der Waals surface area contributed by atoms with Crippen LogP contribution in [0.3, 0.4) is 0 Å². The summed E-state index contributed by atoms with van der Waals surface area (Å²) in [6.07, 6.45) is 0.948. The van der Waals surface area contributed by atoms with Crippen LogP contribution in [0.4, 0.5) is 0 Å². The molecule has 1 amide bonds. The summed E-state index contributed by atoms with van der Waals surface area (Å²) in [6, 6.07) is 7.03. The molecule has 0 aromatic heterocycles. The van der Waals surface area contributed by atoms with Gasteiger partial charge in [0.15, 0.2) is 0 Å². The van der Waals surface area contributed by atoms with Gasteiger partial charge in [0.1, 0.15) is 11.5 Å². The van der Waals surface area contributed by atoms with Gasteiger partial charge in [-0.3, -0.25) is 9.59 Å². The van der Waals surface area contributed by atoms with E-state index in [9.17, 15) is 9.59 Å². The first kappa shape index (κ1) is 15.2. The quantitative estimate of drug-likeness (QED) is 0.823. The summed E-state index contributed by atoms with van der Waals surface area (Å²) in [4.78, 5) is 24.9. The van der Waals surface area contributed by atoms with E-state index < -0.39 is 0 Å². The van der Waals surface area contributed by atoms with Gasteiger partial charge in [-0.25, -0.2) is 0 Å². The van der Waals surface area contributed by atoms with E-state index in [-0.39, 0.29) is 11.7 Å². The van der Waals surface area contributed by atoms with E-state index in [2.05, 4.69) is 0 Å². The summed E-state index contributed by atoms with van der Waals surface area (Å²) in [5.41, 5.74) is 0.639. The van der Waals surface area contributed by atoms with Crippen molar-refractivity contribution in [2.75, 3.05) is 20.2 Å². The largest absolute Gasteiger partial charge is 0.497 e. The number of methoxy groups -OCH3 is 1. The fourth-order valence-corrected chi connectivity index (χ4v) is 1.88. The van der Waals surface area contributed by atoms with E-state index in [1.807, 2.05) is 13.8 Å². The van der Waals surface area contributed by atoms with Crippen LogP contribution in [0, 0.1) is 0 Å². The fraction of sp³-hybridized carbons (Fsp3) is 0.467. The molecule has 2 rings (SSSR count). The zero-order valence-electron chi connectivity index (χ0n) is 11.8. The molecule has 0 atom stereocenters. The summed E-state index contributed by atoms with van der Waals surface area (Å²) in [5.74, 6) is 0.958. The normalized spacial score (nSPS) is 14.5. The van der Waals surface area contributed by atoms with Crippen LogP contribution >= 0.6 is 0 Å². The molecule has 1 aromatic carbocycles. The average Bonchev–Trinajstić information content (AvgIpc) is 2.49. The molecule has 1 aromatic rings. The predicted molar refractivity (Wildman–Crippen MR) is 74.5 cm³/mol. The number of carbonyl (C=O) groups excluding carboxylic acids is 2. The highest BCUT2D eigenvalue weighted by Crippen LogP contribution is 2.15. The fourth-order valence-electron chi connectivity index (χ4n) is 1.88. The number of piperidine rings is 1. The molecule has 0 bridgehead atoms. The van der Waals surface area contributed by atoms with Crippen molar-refractivity contribution in [2.45, 2.75) is 26.7 Å². The Kier molecular flexibility index (Phi) is 6.06. The second kappa shape index (κ2) is 7.56. The Morgan fingerprint density at radius 1 is 1.11 bits per heavy atom. The van der Waals surface area contributed by atoms with Gasteiger partial charge in [-0.05, 0) is 24.3 Å². The monoisotopic (exact) mass is 263 g/mol. The molecule has 0 saturated carbocycles. The van der Waals surface area contributed by atoms with Gasteiger partial charge >= 0.3 is 0 Å². The predicted octanol–water partition coefficient (Wildman–Crippen LogP) is 2.53. The van der Waals surface area contributed by atoms with Crippen LogP contribution in [0.5, 0.6) is 5.75 Å². The maximum atomic E-state index is 12.1. The second-order valence-corrected chi connectivity index (χ2v) is 4.06. The summed E-state index contributed by atoms with van der Waals surface area (Å²) < 4.78 is 5.04. The number of hydrogen-bond acceptors (Lipinski definition) is 3. The molecule has 1 saturated heterocycles. The number of Topliss-reactive ketones (excluding diaryl/α,β-unsaturated/α-hetero) is 1. The SMILES string of the molecule is CC.COc1ccc(C(=O)N2CCC(=O)CC2)cc1. The number of amides is 1. The topological polar surface area (TPSA) is 46.6 Å². The van der Waals surface area contributed by atoms with E-state index in [0.29, 0.717) is 31.5 Å². The third-order valence-electron chi connectivity index (χ3n) is 2.95. The van der Waals surface area contributed by atoms with Crippen LogP contribution < -0.4 is 4.74 Å². The van der Waals surface area contributed by atoms with Gasteiger partial charge in [0.2, 0.25) is 0 Å². The van der Waals surface area contributed by atoms with Crippen LogP contribution in [0.1, 0.15) is 37.0 Å². The lowest BCUT2D eigenvalue weighted by molar-refractivity contribution is -0.120. The van der Waals surface area contributed by atoms with Gasteiger partial charge in [0.05, 0.1) is 7.11 Å². The van der Waals surface area contributed by atoms with E-state index in [1.54, 1.807) is 36.3 Å². The van der Waals surface area contributed by atoms with E-state index in [0.717, 1.165) is 5.75 Å². The van der Waals surface area contributed by atoms with Crippen molar-refractivity contribution in [3.63, 3.8) is 0 Å². The first-order valence-corrected chi connectivity index (χ1v) is 6.66. The Labute approximate surface area is 114 Å². The minimum atomic E-state index is -0.0137. The van der Waals surface area contributed by atoms with Crippen LogP contribution in [0.15, 0.2) is 24.3 Å². The Morgan fingerprint density at radius 3 is 2.11 bits per heavy atom. The standard InChI is InChI=1S/C13H15NO3.C2H6/c1-17-12-4-2-10(3-5-12)13(16)14-8-6-11(15)7-9-14;1-2/h2-5H,6-9H2,1H3;1-2H3. The van der Waals surface area contributed by atoms with Crippen LogP contribution in [0.2, 0.25) is 0 Å². The zero-order chi connectivity index (χ0) is 14.3. The van der Waals surface area contributed by atoms with Crippen molar-refractivity contribution in [3.05, 3.63) is 29.8 Å². The number of carbonyl (C=O) groups is 2. The van der Waals surface area contributed by atoms with Gasteiger partial charge in [-0.1, -0.05) is 13.8 Å². The van der Waals surface area contributed by atoms with Crippen molar-refractivity contribution in [1.29, 1.82) is 0 Å². The number of ether oxygens (including phenoxy) is 1. The van der Waals surface area contributed by atoms with E-state index in [4.69, 9.17) is 4.74 Å². The van der Waals surface area contributed by atoms with E-state index in [1.165, 1.54) is 0 Å². The van der Waals surface area contributed by atoms with Crippen molar-refractivity contribution in [1.82, 2.24) is 4.90 Å². The van der Waals surface area contributed by atoms with Crippen LogP contribution in [-0.4, -0.2) is 36.8 Å². The summed E-state index contributed by atoms with van der Waals surface area (Å²) in [7, 11) is 1.59. The van der Waals surface area contributed by atoms with Crippen LogP contribution in [0.25, 0.3) is 0 Å². The minimum absolute atomic E-state index is 0.0137. The molecule has 4 heteroatoms. The molecular weight excluding hydrogens is 242 g/mol. The van der Waals surface area contributed by atoms with Crippen LogP contribution in [-0.2, 0) is 4.79 Å². The highest BCUT2D eigenvalue weighted by atomic mass is 16.5. The Hall–Kier alpha value is -1.84. The maximum absolute atomic E-state index is 12.1. The highest BCUT2D eigenvalue weighted by molar-refractivity contribution is 5.95. The Balaban J connectivity index is 0.000000861. The average molecular weight is 263 g/mol. The molecule has 1 fully saturated rings. The third kappa shape index (κ3) is 4.09. The maximum Gasteiger partial charge on any atom is 0.253 e.